The summed E-state index contributed by atoms with van der Waals surface area (Å²) in [6, 6.07) is 18.3. The summed E-state index contributed by atoms with van der Waals surface area (Å²) in [6.07, 6.45) is 1.30. The molecule has 6 nitrogen and oxygen atoms in total. The number of anilines is 1. The molecule has 0 atom stereocenters. The van der Waals surface area contributed by atoms with Gasteiger partial charge in [0.05, 0.1) is 0 Å². The van der Waals surface area contributed by atoms with E-state index in [9.17, 15) is 14.4 Å². The molecule has 1 amide bonds. The second kappa shape index (κ2) is 6.78. The Morgan fingerprint density at radius 3 is 2.42 bits per heavy atom. The maximum absolute atomic E-state index is 12.2. The van der Waals surface area contributed by atoms with Crippen LogP contribution in [0.1, 0.15) is 0 Å². The van der Waals surface area contributed by atoms with Crippen molar-refractivity contribution in [1.82, 2.24) is 9.55 Å². The van der Waals surface area contributed by atoms with Crippen molar-refractivity contribution in [1.29, 1.82) is 0 Å². The Balaban J connectivity index is 1.83. The van der Waals surface area contributed by atoms with E-state index in [0.29, 0.717) is 5.69 Å². The zero-order valence-corrected chi connectivity index (χ0v) is 12.7. The molecule has 6 heteroatoms. The molecule has 1 aromatic heterocycles. The van der Waals surface area contributed by atoms with Crippen LogP contribution < -0.4 is 16.6 Å². The normalized spacial score (nSPS) is 10.3. The van der Waals surface area contributed by atoms with Crippen molar-refractivity contribution in [2.75, 3.05) is 5.32 Å². The van der Waals surface area contributed by atoms with Crippen molar-refractivity contribution in [3.05, 3.63) is 87.7 Å². The van der Waals surface area contributed by atoms with Crippen molar-refractivity contribution in [2.24, 2.45) is 0 Å². The molecule has 24 heavy (non-hydrogen) atoms. The monoisotopic (exact) mass is 321 g/mol. The number of hydrogen-bond donors (Lipinski definition) is 2. The number of hydrogen-bond acceptors (Lipinski definition) is 3. The predicted molar refractivity (Wildman–Crippen MR) is 91.8 cm³/mol. The smallest absolute Gasteiger partial charge is 0.324 e. The molecule has 0 radical (unpaired) electrons. The molecular formula is C18H15N3O3. The minimum absolute atomic E-state index is 0.182. The number of benzene rings is 2. The van der Waals surface area contributed by atoms with Gasteiger partial charge in [0.2, 0.25) is 5.91 Å². The van der Waals surface area contributed by atoms with Gasteiger partial charge in [-0.25, -0.2) is 4.79 Å². The molecule has 3 aromatic rings. The molecule has 3 rings (SSSR count). The van der Waals surface area contributed by atoms with Gasteiger partial charge in [0.15, 0.2) is 0 Å². The Kier molecular flexibility index (Phi) is 4.38. The molecule has 0 unspecified atom stereocenters. The van der Waals surface area contributed by atoms with E-state index in [-0.39, 0.29) is 12.5 Å². The number of carbonyl (C=O) groups excluding carboxylic acids is 1. The number of nitrogens with one attached hydrogen (secondary N) is 2. The number of aromatic nitrogens is 2. The van der Waals surface area contributed by atoms with Crippen LogP contribution in [0.2, 0.25) is 0 Å². The molecule has 0 saturated heterocycles. The first kappa shape index (κ1) is 15.5. The fourth-order valence-corrected chi connectivity index (χ4v) is 2.37. The Labute approximate surface area is 137 Å². The second-order valence-corrected chi connectivity index (χ2v) is 5.20. The van der Waals surface area contributed by atoms with E-state index in [1.54, 1.807) is 6.07 Å². The van der Waals surface area contributed by atoms with Gasteiger partial charge in [-0.05, 0) is 11.6 Å². The predicted octanol–water partition coefficient (Wildman–Crippen LogP) is 1.84. The van der Waals surface area contributed by atoms with Crippen LogP contribution in [0.15, 0.2) is 76.4 Å². The summed E-state index contributed by atoms with van der Waals surface area (Å²) < 4.78 is 1.14. The summed E-state index contributed by atoms with van der Waals surface area (Å²) in [4.78, 5) is 37.1. The molecule has 1 heterocycles. The van der Waals surface area contributed by atoms with Gasteiger partial charge in [0, 0.05) is 23.5 Å². The molecule has 2 N–H and O–H groups in total. The van der Waals surface area contributed by atoms with Crippen LogP contribution >= 0.6 is 0 Å². The third kappa shape index (κ3) is 3.49. The zero-order valence-electron chi connectivity index (χ0n) is 12.7. The highest BCUT2D eigenvalue weighted by Crippen LogP contribution is 2.27. The standard InChI is InChI=1S/C18H15N3O3/c22-16-10-11-21(18(24)20-16)12-17(23)19-15-9-5-4-8-14(15)13-6-2-1-3-7-13/h1-11H,12H2,(H,19,23)(H,20,22,24). The van der Waals surface area contributed by atoms with Crippen molar-refractivity contribution >= 4 is 11.6 Å². The Hall–Kier alpha value is -3.41. The highest BCUT2D eigenvalue weighted by atomic mass is 16.2. The second-order valence-electron chi connectivity index (χ2n) is 5.20. The first-order valence-corrected chi connectivity index (χ1v) is 7.37. The Morgan fingerprint density at radius 1 is 0.958 bits per heavy atom. The van der Waals surface area contributed by atoms with E-state index >= 15 is 0 Å². The molecule has 0 saturated carbocycles. The SMILES string of the molecule is O=C(Cn1ccc(=O)[nH]c1=O)Nc1ccccc1-c1ccccc1. The van der Waals surface area contributed by atoms with E-state index in [1.165, 1.54) is 12.3 Å². The van der Waals surface area contributed by atoms with Gasteiger partial charge < -0.3 is 5.32 Å². The van der Waals surface area contributed by atoms with Crippen molar-refractivity contribution in [3.8, 4) is 11.1 Å². The zero-order chi connectivity index (χ0) is 16.9. The van der Waals surface area contributed by atoms with Gasteiger partial charge in [0.25, 0.3) is 5.56 Å². The maximum Gasteiger partial charge on any atom is 0.328 e. The first-order chi connectivity index (χ1) is 11.6. The number of amides is 1. The molecule has 2 aromatic carbocycles. The molecule has 0 spiro atoms. The number of rotatable bonds is 4. The van der Waals surface area contributed by atoms with Gasteiger partial charge in [0.1, 0.15) is 6.54 Å². The van der Waals surface area contributed by atoms with Crippen LogP contribution in [-0.4, -0.2) is 15.5 Å². The number of para-hydroxylation sites is 1. The van der Waals surface area contributed by atoms with Gasteiger partial charge in [-0.3, -0.25) is 19.1 Å². The van der Waals surface area contributed by atoms with Gasteiger partial charge >= 0.3 is 5.69 Å². The number of carbonyl (C=O) groups is 1. The topological polar surface area (TPSA) is 84.0 Å². The van der Waals surface area contributed by atoms with E-state index in [2.05, 4.69) is 10.3 Å². The molecule has 0 aliphatic rings. The van der Waals surface area contributed by atoms with Crippen LogP contribution in [0.25, 0.3) is 11.1 Å². The van der Waals surface area contributed by atoms with Crippen molar-refractivity contribution in [2.45, 2.75) is 6.54 Å². The third-order valence-corrected chi connectivity index (χ3v) is 3.50. The van der Waals surface area contributed by atoms with Gasteiger partial charge in [-0.1, -0.05) is 48.5 Å². The largest absolute Gasteiger partial charge is 0.328 e. The minimum atomic E-state index is -0.617. The van der Waals surface area contributed by atoms with E-state index in [1.807, 2.05) is 48.5 Å². The number of H-pyrrole nitrogens is 1. The van der Waals surface area contributed by atoms with Crippen LogP contribution in [0.4, 0.5) is 5.69 Å². The maximum atomic E-state index is 12.2. The lowest BCUT2D eigenvalue weighted by Gasteiger charge is -2.12. The van der Waals surface area contributed by atoms with Crippen LogP contribution in [0.5, 0.6) is 0 Å². The summed E-state index contributed by atoms with van der Waals surface area (Å²) in [5.74, 6) is -0.354. The summed E-state index contributed by atoms with van der Waals surface area (Å²) in [7, 11) is 0. The summed E-state index contributed by atoms with van der Waals surface area (Å²) in [5.41, 5.74) is 1.42. The molecule has 0 fully saturated rings. The Morgan fingerprint density at radius 2 is 1.67 bits per heavy atom. The number of nitrogens with zero attached hydrogens (tertiary/aromatic N) is 1. The summed E-state index contributed by atoms with van der Waals surface area (Å²) >= 11 is 0. The van der Waals surface area contributed by atoms with E-state index < -0.39 is 11.2 Å². The van der Waals surface area contributed by atoms with Crippen molar-refractivity contribution < 1.29 is 4.79 Å². The first-order valence-electron chi connectivity index (χ1n) is 7.37. The fraction of sp³-hybridized carbons (Fsp3) is 0.0556. The molecular weight excluding hydrogens is 306 g/mol. The van der Waals surface area contributed by atoms with Gasteiger partial charge in [-0.2, -0.15) is 0 Å². The lowest BCUT2D eigenvalue weighted by Crippen LogP contribution is -2.32. The molecule has 0 bridgehead atoms. The molecule has 0 aliphatic heterocycles. The average molecular weight is 321 g/mol. The van der Waals surface area contributed by atoms with Crippen LogP contribution in [-0.2, 0) is 11.3 Å². The van der Waals surface area contributed by atoms with Crippen LogP contribution in [0.3, 0.4) is 0 Å². The summed E-state index contributed by atoms with van der Waals surface area (Å²) in [5, 5.41) is 2.81. The Bertz CT molecular complexity index is 974. The highest BCUT2D eigenvalue weighted by molar-refractivity contribution is 5.95. The van der Waals surface area contributed by atoms with E-state index in [4.69, 9.17) is 0 Å². The lowest BCUT2D eigenvalue weighted by atomic mass is 10.0. The quantitative estimate of drug-likeness (QED) is 0.769. The molecule has 0 aliphatic carbocycles. The third-order valence-electron chi connectivity index (χ3n) is 3.50. The average Bonchev–Trinajstić information content (AvgIpc) is 2.59. The lowest BCUT2D eigenvalue weighted by molar-refractivity contribution is -0.116. The van der Waals surface area contributed by atoms with Crippen LogP contribution in [0, 0.1) is 0 Å². The van der Waals surface area contributed by atoms with Crippen molar-refractivity contribution in [3.63, 3.8) is 0 Å². The fourth-order valence-electron chi connectivity index (χ4n) is 2.37. The minimum Gasteiger partial charge on any atom is -0.324 e. The summed E-state index contributed by atoms with van der Waals surface area (Å²) in [6.45, 7) is -0.182. The highest BCUT2D eigenvalue weighted by Gasteiger charge is 2.09. The van der Waals surface area contributed by atoms with E-state index in [0.717, 1.165) is 15.7 Å². The van der Waals surface area contributed by atoms with Gasteiger partial charge in [-0.15, -0.1) is 0 Å². The number of aromatic amines is 1. The molecule has 120 valence electrons.